The molecule has 9 heteroatoms. The van der Waals surface area contributed by atoms with Crippen molar-refractivity contribution >= 4 is 60.7 Å². The minimum atomic E-state index is -1.40. The lowest BCUT2D eigenvalue weighted by molar-refractivity contribution is -0.150. The summed E-state index contributed by atoms with van der Waals surface area (Å²) in [5, 5.41) is 14.3. The lowest BCUT2D eigenvalue weighted by atomic mass is 9.83. The van der Waals surface area contributed by atoms with Crippen molar-refractivity contribution in [2.45, 2.75) is 70.4 Å². The molecule has 2 aromatic heterocycles. The molecule has 1 aliphatic rings. The average molecular weight is 627 g/mol. The van der Waals surface area contributed by atoms with Gasteiger partial charge in [0.25, 0.3) is 5.91 Å². The largest absolute Gasteiger partial charge is 0.479 e. The highest BCUT2D eigenvalue weighted by molar-refractivity contribution is 9.10. The Morgan fingerprint density at radius 3 is 2.51 bits per heavy atom. The Kier molecular flexibility index (Phi) is 7.45. The van der Waals surface area contributed by atoms with Crippen molar-refractivity contribution in [2.24, 2.45) is 5.92 Å². The molecular formula is C30H32BrN3O3S2. The number of thiazole rings is 2. The molecule has 1 amide bonds. The predicted octanol–water partition coefficient (Wildman–Crippen LogP) is 8.05. The highest BCUT2D eigenvalue weighted by Crippen LogP contribution is 2.55. The van der Waals surface area contributed by atoms with Crippen molar-refractivity contribution in [1.82, 2.24) is 14.9 Å². The maximum Gasteiger partial charge on any atom is 0.329 e. The fraction of sp³-hybridized carbons (Fsp3) is 0.400. The standard InChI is InChI=1S/C30H32BrN3O3S2/c1-17(2)15-30(28(36)37)16-19(25-33-22-8-6-7-9-23(22)39-25)24(26-32-12-13-38-26)34(30)27(35)18-10-11-20(21(31)14-18)29(3,4)5/h6-14,17,19,24H,15-16H2,1-5H3,(H,36,37)/t19-,24-,30+/m1/s1. The maximum atomic E-state index is 14.5. The first-order valence-corrected chi connectivity index (χ1v) is 15.5. The molecule has 0 radical (unpaired) electrons. The third-order valence-electron chi connectivity index (χ3n) is 7.40. The van der Waals surface area contributed by atoms with Crippen LogP contribution in [0.15, 0.2) is 58.5 Å². The number of benzene rings is 2. The topological polar surface area (TPSA) is 83.4 Å². The van der Waals surface area contributed by atoms with E-state index in [0.717, 1.165) is 30.3 Å². The Morgan fingerprint density at radius 2 is 1.92 bits per heavy atom. The molecule has 0 saturated carbocycles. The fourth-order valence-electron chi connectivity index (χ4n) is 5.80. The van der Waals surface area contributed by atoms with Crippen LogP contribution in [0.1, 0.15) is 85.4 Å². The number of carboxylic acids is 1. The second-order valence-corrected chi connectivity index (χ2v) is 14.5. The molecule has 4 aromatic rings. The van der Waals surface area contributed by atoms with Gasteiger partial charge in [-0.1, -0.05) is 68.7 Å². The Labute approximate surface area is 245 Å². The lowest BCUT2D eigenvalue weighted by Crippen LogP contribution is -2.54. The van der Waals surface area contributed by atoms with Crippen LogP contribution in [0.5, 0.6) is 0 Å². The molecule has 204 valence electrons. The number of amides is 1. The van der Waals surface area contributed by atoms with Crippen LogP contribution in [0, 0.1) is 5.92 Å². The van der Waals surface area contributed by atoms with Gasteiger partial charge in [0.1, 0.15) is 10.5 Å². The van der Waals surface area contributed by atoms with Crippen LogP contribution in [0.25, 0.3) is 10.2 Å². The number of hydrogen-bond acceptors (Lipinski definition) is 6. The van der Waals surface area contributed by atoms with E-state index in [0.29, 0.717) is 12.0 Å². The monoisotopic (exact) mass is 625 g/mol. The van der Waals surface area contributed by atoms with Gasteiger partial charge >= 0.3 is 5.97 Å². The van der Waals surface area contributed by atoms with Crippen LogP contribution in [0.2, 0.25) is 0 Å². The number of aliphatic carboxylic acids is 1. The number of likely N-dealkylation sites (tertiary alicyclic amines) is 1. The summed E-state index contributed by atoms with van der Waals surface area (Å²) in [6, 6.07) is 13.0. The van der Waals surface area contributed by atoms with Gasteiger partial charge in [0.05, 0.1) is 21.3 Å². The van der Waals surface area contributed by atoms with Crippen molar-refractivity contribution in [3.05, 3.63) is 79.7 Å². The van der Waals surface area contributed by atoms with Gasteiger partial charge in [-0.2, -0.15) is 0 Å². The normalized spacial score (nSPS) is 21.7. The molecule has 3 heterocycles. The van der Waals surface area contributed by atoms with Gasteiger partial charge in [-0.25, -0.2) is 14.8 Å². The Bertz CT molecular complexity index is 1490. The van der Waals surface area contributed by atoms with E-state index in [-0.39, 0.29) is 29.6 Å². The number of halogens is 1. The summed E-state index contributed by atoms with van der Waals surface area (Å²) < 4.78 is 1.88. The Morgan fingerprint density at radius 1 is 1.18 bits per heavy atom. The zero-order valence-corrected chi connectivity index (χ0v) is 25.9. The third kappa shape index (κ3) is 5.05. The molecule has 1 fully saturated rings. The van der Waals surface area contributed by atoms with Gasteiger partial charge in [0.15, 0.2) is 0 Å². The van der Waals surface area contributed by atoms with E-state index in [2.05, 4.69) is 41.7 Å². The predicted molar refractivity (Wildman–Crippen MR) is 161 cm³/mol. The van der Waals surface area contributed by atoms with Crippen molar-refractivity contribution in [3.63, 3.8) is 0 Å². The molecule has 2 aromatic carbocycles. The number of fused-ring (bicyclic) bond motifs is 1. The SMILES string of the molecule is CC(C)C[C@@]1(C(=O)O)C[C@@H](c2nc3ccccc3s2)[C@H](c2nccs2)N1C(=O)c1ccc(C(C)(C)C)c(Br)c1. The first kappa shape index (κ1) is 27.9. The molecule has 0 aliphatic carbocycles. The Hall–Kier alpha value is -2.62. The minimum absolute atomic E-state index is 0.0532. The van der Waals surface area contributed by atoms with Crippen molar-refractivity contribution in [3.8, 4) is 0 Å². The van der Waals surface area contributed by atoms with Gasteiger partial charge < -0.3 is 10.0 Å². The quantitative estimate of drug-likeness (QED) is 0.234. The van der Waals surface area contributed by atoms with E-state index in [4.69, 9.17) is 4.98 Å². The van der Waals surface area contributed by atoms with E-state index < -0.39 is 17.6 Å². The second kappa shape index (κ2) is 10.4. The fourth-order valence-corrected chi connectivity index (χ4v) is 8.67. The first-order valence-electron chi connectivity index (χ1n) is 13.0. The maximum absolute atomic E-state index is 14.5. The van der Waals surface area contributed by atoms with Gasteiger partial charge in [-0.3, -0.25) is 4.79 Å². The molecule has 1 N–H and O–H groups in total. The van der Waals surface area contributed by atoms with Crippen molar-refractivity contribution in [1.29, 1.82) is 0 Å². The van der Waals surface area contributed by atoms with Crippen LogP contribution in [-0.2, 0) is 10.2 Å². The summed E-state index contributed by atoms with van der Waals surface area (Å²) >= 11 is 6.70. The van der Waals surface area contributed by atoms with Gasteiger partial charge in [-0.15, -0.1) is 22.7 Å². The smallest absolute Gasteiger partial charge is 0.329 e. The van der Waals surface area contributed by atoms with Crippen molar-refractivity contribution in [2.75, 3.05) is 0 Å². The van der Waals surface area contributed by atoms with Gasteiger partial charge in [0.2, 0.25) is 0 Å². The molecule has 0 unspecified atom stereocenters. The summed E-state index contributed by atoms with van der Waals surface area (Å²) in [5.41, 5.74) is 0.898. The third-order valence-corrected chi connectivity index (χ3v) is 10.1. The molecule has 5 rings (SSSR count). The number of aromatic nitrogens is 2. The molecule has 39 heavy (non-hydrogen) atoms. The summed E-state index contributed by atoms with van der Waals surface area (Å²) in [7, 11) is 0. The van der Waals surface area contributed by atoms with Crippen LogP contribution < -0.4 is 0 Å². The van der Waals surface area contributed by atoms with Crippen LogP contribution in [0.3, 0.4) is 0 Å². The van der Waals surface area contributed by atoms with E-state index >= 15 is 0 Å². The van der Waals surface area contributed by atoms with E-state index in [1.807, 2.05) is 61.7 Å². The van der Waals surface area contributed by atoms with Crippen LogP contribution in [0.4, 0.5) is 0 Å². The van der Waals surface area contributed by atoms with Gasteiger partial charge in [0, 0.05) is 27.5 Å². The minimum Gasteiger partial charge on any atom is -0.479 e. The molecule has 0 bridgehead atoms. The highest BCUT2D eigenvalue weighted by Gasteiger charge is 2.60. The molecule has 6 nitrogen and oxygen atoms in total. The number of rotatable bonds is 6. The highest BCUT2D eigenvalue weighted by atomic mass is 79.9. The first-order chi connectivity index (χ1) is 18.4. The molecule has 3 atom stereocenters. The number of carbonyl (C=O) groups excluding carboxylic acids is 1. The Balaban J connectivity index is 1.70. The summed E-state index contributed by atoms with van der Waals surface area (Å²) in [6.07, 6.45) is 2.33. The number of carbonyl (C=O) groups is 2. The van der Waals surface area contributed by atoms with E-state index in [9.17, 15) is 14.7 Å². The molecule has 1 saturated heterocycles. The molecular weight excluding hydrogens is 594 g/mol. The molecule has 1 aliphatic heterocycles. The van der Waals surface area contributed by atoms with Gasteiger partial charge in [-0.05, 0) is 54.0 Å². The summed E-state index contributed by atoms with van der Waals surface area (Å²) in [4.78, 5) is 39.0. The number of nitrogens with zero attached hydrogens (tertiary/aromatic N) is 3. The van der Waals surface area contributed by atoms with Crippen molar-refractivity contribution < 1.29 is 14.7 Å². The number of hydrogen-bond donors (Lipinski definition) is 1. The summed E-state index contributed by atoms with van der Waals surface area (Å²) in [5.74, 6) is -1.54. The number of carboxylic acid groups (broad SMARTS) is 1. The molecule has 0 spiro atoms. The van der Waals surface area contributed by atoms with E-state index in [1.54, 1.807) is 22.4 Å². The second-order valence-electron chi connectivity index (χ2n) is 11.7. The zero-order chi connectivity index (χ0) is 28.1. The van der Waals surface area contributed by atoms with E-state index in [1.165, 1.54) is 11.3 Å². The summed E-state index contributed by atoms with van der Waals surface area (Å²) in [6.45, 7) is 10.4. The number of para-hydroxylation sites is 1. The zero-order valence-electron chi connectivity index (χ0n) is 22.6. The van der Waals surface area contributed by atoms with Crippen LogP contribution in [-0.4, -0.2) is 37.4 Å². The lowest BCUT2D eigenvalue weighted by Gasteiger charge is -2.38. The average Bonchev–Trinajstić information content (AvgIpc) is 3.59. The van der Waals surface area contributed by atoms with Crippen LogP contribution >= 0.6 is 38.6 Å².